The highest BCUT2D eigenvalue weighted by Gasteiger charge is 2.26. The van der Waals surface area contributed by atoms with E-state index in [1.165, 1.54) is 12.7 Å². The van der Waals surface area contributed by atoms with Crippen LogP contribution in [0.3, 0.4) is 0 Å². The number of para-hydroxylation sites is 2. The zero-order valence-corrected chi connectivity index (χ0v) is 16.1. The molecule has 0 bridgehead atoms. The van der Waals surface area contributed by atoms with Gasteiger partial charge in [0.1, 0.15) is 23.4 Å². The average molecular weight is 389 g/mol. The molecule has 1 aliphatic carbocycles. The van der Waals surface area contributed by atoms with Crippen LogP contribution in [0, 0.1) is 0 Å². The highest BCUT2D eigenvalue weighted by atomic mass is 32.2. The van der Waals surface area contributed by atoms with Crippen LogP contribution < -0.4 is 18.9 Å². The van der Waals surface area contributed by atoms with Crippen molar-refractivity contribution >= 4 is 10.0 Å². The van der Waals surface area contributed by atoms with Crippen LogP contribution in [0.4, 0.5) is 0 Å². The van der Waals surface area contributed by atoms with E-state index in [1.54, 1.807) is 6.07 Å². The first-order valence-corrected chi connectivity index (χ1v) is 10.6. The molecule has 2 aromatic carbocycles. The van der Waals surface area contributed by atoms with Gasteiger partial charge in [-0.15, -0.1) is 0 Å². The Labute approximate surface area is 159 Å². The number of aryl methyl sites for hydroxylation is 2. The number of sulfonamides is 1. The maximum atomic E-state index is 12.9. The number of hydrogen-bond acceptors (Lipinski definition) is 5. The molecule has 27 heavy (non-hydrogen) atoms. The molecule has 0 spiro atoms. The number of rotatable bonds is 5. The molecule has 6 nitrogen and oxygen atoms in total. The van der Waals surface area contributed by atoms with Crippen molar-refractivity contribution in [3.63, 3.8) is 0 Å². The highest BCUT2D eigenvalue weighted by molar-refractivity contribution is 7.89. The molecule has 0 amide bonds. The maximum Gasteiger partial charge on any atom is 0.244 e. The van der Waals surface area contributed by atoms with Gasteiger partial charge in [0.15, 0.2) is 11.5 Å². The maximum absolute atomic E-state index is 12.9. The van der Waals surface area contributed by atoms with Gasteiger partial charge in [-0.3, -0.25) is 0 Å². The van der Waals surface area contributed by atoms with Crippen LogP contribution in [0.1, 0.15) is 24.0 Å². The molecule has 2 aliphatic rings. The fraction of sp³-hybridized carbons (Fsp3) is 0.400. The Morgan fingerprint density at radius 2 is 1.81 bits per heavy atom. The normalized spacial score (nSPS) is 18.6. The molecular formula is C20H23NO5S. The van der Waals surface area contributed by atoms with Gasteiger partial charge in [0.25, 0.3) is 0 Å². The van der Waals surface area contributed by atoms with Crippen LogP contribution in [-0.4, -0.2) is 34.8 Å². The van der Waals surface area contributed by atoms with Gasteiger partial charge in [-0.25, -0.2) is 13.1 Å². The van der Waals surface area contributed by atoms with Gasteiger partial charge < -0.3 is 14.2 Å². The number of ether oxygens (including phenoxy) is 3. The summed E-state index contributed by atoms with van der Waals surface area (Å²) in [6, 6.07) is 11.0. The van der Waals surface area contributed by atoms with Gasteiger partial charge in [0.05, 0.1) is 13.7 Å². The van der Waals surface area contributed by atoms with Gasteiger partial charge in [0.2, 0.25) is 10.0 Å². The van der Waals surface area contributed by atoms with Crippen LogP contribution >= 0.6 is 0 Å². The number of fused-ring (bicyclic) bond motifs is 2. The second-order valence-electron chi connectivity index (χ2n) is 6.83. The Balaban J connectivity index is 1.51. The molecule has 0 aromatic heterocycles. The van der Waals surface area contributed by atoms with Crippen LogP contribution in [0.5, 0.6) is 17.2 Å². The number of hydrogen-bond donors (Lipinski definition) is 1. The van der Waals surface area contributed by atoms with E-state index < -0.39 is 16.1 Å². The SMILES string of the molecule is COc1cc2c(cc1S(=O)(=O)NC[C@@H]1COc3ccccc3O1)CCCC2. The van der Waals surface area contributed by atoms with E-state index in [0.29, 0.717) is 23.9 Å². The van der Waals surface area contributed by atoms with Crippen LogP contribution in [0.25, 0.3) is 0 Å². The highest BCUT2D eigenvalue weighted by Crippen LogP contribution is 2.33. The monoisotopic (exact) mass is 389 g/mol. The molecule has 0 unspecified atom stereocenters. The third-order valence-corrected chi connectivity index (χ3v) is 6.43. The molecule has 144 valence electrons. The Hall–Kier alpha value is -2.25. The first-order chi connectivity index (χ1) is 13.1. The van der Waals surface area contributed by atoms with Crippen molar-refractivity contribution in [3.05, 3.63) is 47.5 Å². The number of methoxy groups -OCH3 is 1. The van der Waals surface area contributed by atoms with E-state index in [4.69, 9.17) is 14.2 Å². The van der Waals surface area contributed by atoms with E-state index in [2.05, 4.69) is 4.72 Å². The van der Waals surface area contributed by atoms with Crippen molar-refractivity contribution in [3.8, 4) is 17.2 Å². The van der Waals surface area contributed by atoms with Crippen molar-refractivity contribution in [1.29, 1.82) is 0 Å². The fourth-order valence-electron chi connectivity index (χ4n) is 3.55. The minimum atomic E-state index is -3.72. The quantitative estimate of drug-likeness (QED) is 0.851. The first-order valence-electron chi connectivity index (χ1n) is 9.15. The summed E-state index contributed by atoms with van der Waals surface area (Å²) < 4.78 is 45.3. The minimum absolute atomic E-state index is 0.122. The second kappa shape index (κ2) is 7.40. The van der Waals surface area contributed by atoms with Gasteiger partial charge in [0, 0.05) is 0 Å². The molecule has 4 rings (SSSR count). The van der Waals surface area contributed by atoms with Gasteiger partial charge in [-0.05, 0) is 61.1 Å². The molecule has 0 radical (unpaired) electrons. The Bertz CT molecular complexity index is 941. The van der Waals surface area contributed by atoms with Gasteiger partial charge >= 0.3 is 0 Å². The van der Waals surface area contributed by atoms with Crippen molar-refractivity contribution in [2.24, 2.45) is 0 Å². The zero-order valence-electron chi connectivity index (χ0n) is 15.2. The standard InChI is InChI=1S/C20H23NO5S/c1-24-19-10-14-6-2-3-7-15(14)11-20(19)27(22,23)21-12-16-13-25-17-8-4-5-9-18(17)26-16/h4-5,8-11,16,21H,2-3,6-7,12-13H2,1H3/t16-/m1/s1. The summed E-state index contributed by atoms with van der Waals surface area (Å²) in [6.45, 7) is 0.414. The van der Waals surface area contributed by atoms with Crippen LogP contribution in [0.15, 0.2) is 41.3 Å². The summed E-state index contributed by atoms with van der Waals surface area (Å²) in [5.74, 6) is 1.68. The predicted molar refractivity (Wildman–Crippen MR) is 101 cm³/mol. The van der Waals surface area contributed by atoms with E-state index >= 15 is 0 Å². The summed E-state index contributed by atoms with van der Waals surface area (Å²) in [4.78, 5) is 0.183. The lowest BCUT2D eigenvalue weighted by Crippen LogP contribution is -2.40. The van der Waals surface area contributed by atoms with Crippen LogP contribution in [-0.2, 0) is 22.9 Å². The summed E-state index contributed by atoms with van der Waals surface area (Å²) in [7, 11) is -2.23. The lowest BCUT2D eigenvalue weighted by atomic mass is 9.92. The Morgan fingerprint density at radius 1 is 1.11 bits per heavy atom. The van der Waals surface area contributed by atoms with E-state index in [9.17, 15) is 8.42 Å². The summed E-state index contributed by atoms with van der Waals surface area (Å²) >= 11 is 0. The molecule has 0 saturated carbocycles. The lowest BCUT2D eigenvalue weighted by Gasteiger charge is -2.26. The number of nitrogens with one attached hydrogen (secondary N) is 1. The minimum Gasteiger partial charge on any atom is -0.495 e. The largest absolute Gasteiger partial charge is 0.495 e. The molecule has 7 heteroatoms. The summed E-state index contributed by atoms with van der Waals surface area (Å²) in [5.41, 5.74) is 2.27. The van der Waals surface area contributed by atoms with E-state index in [0.717, 1.165) is 31.2 Å². The number of benzene rings is 2. The van der Waals surface area contributed by atoms with Crippen LogP contribution in [0.2, 0.25) is 0 Å². The Kier molecular flexibility index (Phi) is 4.97. The second-order valence-corrected chi connectivity index (χ2v) is 8.56. The average Bonchev–Trinajstić information content (AvgIpc) is 2.71. The van der Waals surface area contributed by atoms with Gasteiger partial charge in [-0.2, -0.15) is 0 Å². The van der Waals surface area contributed by atoms with Crippen molar-refractivity contribution in [2.45, 2.75) is 36.7 Å². The third-order valence-electron chi connectivity index (χ3n) is 4.99. The summed E-state index contributed by atoms with van der Waals surface area (Å²) in [6.07, 6.45) is 3.68. The third kappa shape index (κ3) is 3.75. The Morgan fingerprint density at radius 3 is 2.56 bits per heavy atom. The van der Waals surface area contributed by atoms with Crippen molar-refractivity contribution in [2.75, 3.05) is 20.3 Å². The molecule has 0 saturated heterocycles. The van der Waals surface area contributed by atoms with Crippen molar-refractivity contribution < 1.29 is 22.6 Å². The molecule has 1 aliphatic heterocycles. The molecule has 1 atom stereocenters. The molecule has 1 N–H and O–H groups in total. The molecule has 1 heterocycles. The van der Waals surface area contributed by atoms with E-state index in [1.807, 2.05) is 30.3 Å². The molecule has 0 fully saturated rings. The topological polar surface area (TPSA) is 73.9 Å². The smallest absolute Gasteiger partial charge is 0.244 e. The lowest BCUT2D eigenvalue weighted by molar-refractivity contribution is 0.0943. The summed E-state index contributed by atoms with van der Waals surface area (Å²) in [5, 5.41) is 0. The predicted octanol–water partition coefficient (Wildman–Crippen LogP) is 2.69. The van der Waals surface area contributed by atoms with Gasteiger partial charge in [-0.1, -0.05) is 12.1 Å². The first kappa shape index (κ1) is 18.1. The molecule has 2 aromatic rings. The zero-order chi connectivity index (χ0) is 18.9. The molecular weight excluding hydrogens is 366 g/mol. The fourth-order valence-corrected chi connectivity index (χ4v) is 4.82. The van der Waals surface area contributed by atoms with E-state index in [-0.39, 0.29) is 11.4 Å². The van der Waals surface area contributed by atoms with Crippen molar-refractivity contribution in [1.82, 2.24) is 4.72 Å².